The second kappa shape index (κ2) is 7.09. The summed E-state index contributed by atoms with van der Waals surface area (Å²) in [6.45, 7) is 1.47. The van der Waals surface area contributed by atoms with Gasteiger partial charge in [-0.05, 0) is 6.92 Å². The number of carbonyl (C=O) groups excluding carboxylic acids is 2. The average molecular weight is 278 g/mol. The Bertz CT molecular complexity index is 539. The average Bonchev–Trinajstić information content (AvgIpc) is 2.87. The van der Waals surface area contributed by atoms with Crippen molar-refractivity contribution in [2.24, 2.45) is 0 Å². The van der Waals surface area contributed by atoms with Crippen molar-refractivity contribution in [2.75, 3.05) is 19.7 Å². The summed E-state index contributed by atoms with van der Waals surface area (Å²) in [5.74, 6) is -1.16. The molecular weight excluding hydrogens is 268 g/mol. The zero-order valence-corrected chi connectivity index (χ0v) is 10.9. The van der Waals surface area contributed by atoms with E-state index in [0.717, 1.165) is 16.2 Å². The minimum atomic E-state index is -0.598. The second-order valence-electron chi connectivity index (χ2n) is 3.24. The molecule has 0 aliphatic heterocycles. The maximum absolute atomic E-state index is 11.9. The van der Waals surface area contributed by atoms with Gasteiger partial charge in [-0.25, -0.2) is 9.78 Å². The Morgan fingerprint density at radius 1 is 1.42 bits per heavy atom. The molecule has 0 unspecified atom stereocenters. The molecule has 0 saturated heterocycles. The van der Waals surface area contributed by atoms with Crippen molar-refractivity contribution in [3.8, 4) is 12.1 Å². The topological polar surface area (TPSA) is 107 Å². The molecule has 0 spiro atoms. The van der Waals surface area contributed by atoms with Crippen LogP contribution in [0.2, 0.25) is 0 Å². The van der Waals surface area contributed by atoms with E-state index in [9.17, 15) is 9.59 Å². The SMILES string of the molecule is CCOC(=O)c1nc(C(=O)N(CC#N)CC#N)cs1. The number of ether oxygens (including phenoxy) is 1. The monoisotopic (exact) mass is 278 g/mol. The third-order valence-corrected chi connectivity index (χ3v) is 2.81. The number of nitrogens with zero attached hydrogens (tertiary/aromatic N) is 4. The van der Waals surface area contributed by atoms with Gasteiger partial charge in [-0.15, -0.1) is 11.3 Å². The fourth-order valence-corrected chi connectivity index (χ4v) is 1.87. The van der Waals surface area contributed by atoms with Crippen molar-refractivity contribution in [3.05, 3.63) is 16.1 Å². The van der Waals surface area contributed by atoms with Crippen molar-refractivity contribution in [2.45, 2.75) is 6.92 Å². The first-order valence-electron chi connectivity index (χ1n) is 5.29. The Balaban J connectivity index is 2.86. The van der Waals surface area contributed by atoms with Gasteiger partial charge < -0.3 is 9.64 Å². The summed E-state index contributed by atoms with van der Waals surface area (Å²) < 4.78 is 4.76. The molecule has 0 bridgehead atoms. The number of nitriles is 2. The number of carbonyl (C=O) groups is 2. The van der Waals surface area contributed by atoms with Gasteiger partial charge in [-0.1, -0.05) is 0 Å². The van der Waals surface area contributed by atoms with Crippen LogP contribution in [0.4, 0.5) is 0 Å². The van der Waals surface area contributed by atoms with Gasteiger partial charge in [0.25, 0.3) is 5.91 Å². The van der Waals surface area contributed by atoms with E-state index in [1.54, 1.807) is 19.1 Å². The van der Waals surface area contributed by atoms with Crippen LogP contribution < -0.4 is 0 Å². The van der Waals surface area contributed by atoms with Crippen LogP contribution in [-0.2, 0) is 4.74 Å². The molecule has 1 amide bonds. The molecule has 7 nitrogen and oxygen atoms in total. The largest absolute Gasteiger partial charge is 0.461 e. The van der Waals surface area contributed by atoms with E-state index in [4.69, 9.17) is 15.3 Å². The van der Waals surface area contributed by atoms with Crippen LogP contribution in [-0.4, -0.2) is 41.5 Å². The van der Waals surface area contributed by atoms with E-state index in [-0.39, 0.29) is 30.4 Å². The zero-order valence-electron chi connectivity index (χ0n) is 10.1. The standard InChI is InChI=1S/C11H10N4O3S/c1-2-18-11(17)9-14-8(7-19-9)10(16)15(5-3-12)6-4-13/h7H,2,5-6H2,1H3. The Hall–Kier alpha value is -2.45. The number of rotatable bonds is 5. The molecule has 0 atom stereocenters. The summed E-state index contributed by atoms with van der Waals surface area (Å²) in [6, 6.07) is 3.58. The predicted molar refractivity (Wildman–Crippen MR) is 65.2 cm³/mol. The smallest absolute Gasteiger partial charge is 0.367 e. The lowest BCUT2D eigenvalue weighted by molar-refractivity contribution is 0.0526. The lowest BCUT2D eigenvalue weighted by Crippen LogP contribution is -2.32. The normalized spacial score (nSPS) is 9.21. The summed E-state index contributed by atoms with van der Waals surface area (Å²) >= 11 is 0.981. The summed E-state index contributed by atoms with van der Waals surface area (Å²) in [6.07, 6.45) is 0. The van der Waals surface area contributed by atoms with Gasteiger partial charge in [0, 0.05) is 5.38 Å². The highest BCUT2D eigenvalue weighted by molar-refractivity contribution is 7.11. The lowest BCUT2D eigenvalue weighted by Gasteiger charge is -2.13. The molecule has 1 rings (SSSR count). The maximum Gasteiger partial charge on any atom is 0.367 e. The number of esters is 1. The lowest BCUT2D eigenvalue weighted by atomic mass is 10.4. The quantitative estimate of drug-likeness (QED) is 0.582. The summed E-state index contributed by atoms with van der Waals surface area (Å²) in [4.78, 5) is 28.2. The van der Waals surface area contributed by atoms with Gasteiger partial charge in [-0.2, -0.15) is 10.5 Å². The Kier molecular flexibility index (Phi) is 5.45. The van der Waals surface area contributed by atoms with Crippen molar-refractivity contribution >= 4 is 23.2 Å². The third-order valence-electron chi connectivity index (χ3n) is 1.98. The molecule has 0 aliphatic rings. The molecule has 0 radical (unpaired) electrons. The molecular formula is C11H10N4O3S. The van der Waals surface area contributed by atoms with Crippen LogP contribution in [0, 0.1) is 22.7 Å². The van der Waals surface area contributed by atoms with Crippen LogP contribution in [0.5, 0.6) is 0 Å². The molecule has 98 valence electrons. The fraction of sp³-hybridized carbons (Fsp3) is 0.364. The second-order valence-corrected chi connectivity index (χ2v) is 4.09. The Morgan fingerprint density at radius 2 is 2.05 bits per heavy atom. The summed E-state index contributed by atoms with van der Waals surface area (Å²) in [5.41, 5.74) is 0.0264. The van der Waals surface area contributed by atoms with Crippen molar-refractivity contribution < 1.29 is 14.3 Å². The molecule has 1 aromatic rings. The Morgan fingerprint density at radius 3 is 2.58 bits per heavy atom. The summed E-state index contributed by atoms with van der Waals surface area (Å²) in [7, 11) is 0. The highest BCUT2D eigenvalue weighted by atomic mass is 32.1. The molecule has 1 heterocycles. The van der Waals surface area contributed by atoms with Gasteiger partial charge in [0.05, 0.1) is 18.7 Å². The maximum atomic E-state index is 11.9. The van der Waals surface area contributed by atoms with E-state index >= 15 is 0 Å². The zero-order chi connectivity index (χ0) is 14.3. The van der Waals surface area contributed by atoms with Crippen LogP contribution in [0.15, 0.2) is 5.38 Å². The predicted octanol–water partition coefficient (Wildman–Crippen LogP) is 0.809. The molecule has 0 N–H and O–H groups in total. The molecule has 0 saturated carbocycles. The minimum absolute atomic E-state index is 0.0264. The van der Waals surface area contributed by atoms with Crippen molar-refractivity contribution in [1.82, 2.24) is 9.88 Å². The van der Waals surface area contributed by atoms with Crippen molar-refractivity contribution in [3.63, 3.8) is 0 Å². The first-order valence-corrected chi connectivity index (χ1v) is 6.17. The van der Waals surface area contributed by atoms with Crippen LogP contribution in [0.3, 0.4) is 0 Å². The van der Waals surface area contributed by atoms with Gasteiger partial charge in [0.2, 0.25) is 5.01 Å². The molecule has 0 aromatic carbocycles. The van der Waals surface area contributed by atoms with Gasteiger partial charge in [0.1, 0.15) is 18.8 Å². The van der Waals surface area contributed by atoms with Crippen LogP contribution in [0.25, 0.3) is 0 Å². The molecule has 0 aliphatic carbocycles. The molecule has 0 fully saturated rings. The first-order chi connectivity index (χ1) is 9.13. The van der Waals surface area contributed by atoms with Crippen molar-refractivity contribution in [1.29, 1.82) is 10.5 Å². The van der Waals surface area contributed by atoms with E-state index in [1.807, 2.05) is 0 Å². The van der Waals surface area contributed by atoms with E-state index in [1.165, 1.54) is 5.38 Å². The third kappa shape index (κ3) is 3.76. The molecule has 1 aromatic heterocycles. The summed E-state index contributed by atoms with van der Waals surface area (Å²) in [5, 5.41) is 18.6. The van der Waals surface area contributed by atoms with E-state index in [2.05, 4.69) is 4.98 Å². The number of aromatic nitrogens is 1. The number of amides is 1. The van der Waals surface area contributed by atoms with Gasteiger partial charge in [-0.3, -0.25) is 4.79 Å². The van der Waals surface area contributed by atoms with Crippen LogP contribution >= 0.6 is 11.3 Å². The van der Waals surface area contributed by atoms with Gasteiger partial charge >= 0.3 is 5.97 Å². The number of hydrogen-bond acceptors (Lipinski definition) is 7. The Labute approximate surface area is 113 Å². The minimum Gasteiger partial charge on any atom is -0.461 e. The fourth-order valence-electron chi connectivity index (χ4n) is 1.19. The highest BCUT2D eigenvalue weighted by Gasteiger charge is 2.20. The first kappa shape index (κ1) is 14.6. The van der Waals surface area contributed by atoms with Crippen LogP contribution in [0.1, 0.15) is 27.2 Å². The number of thiazole rings is 1. The molecule has 8 heteroatoms. The molecule has 19 heavy (non-hydrogen) atoms. The van der Waals surface area contributed by atoms with E-state index in [0.29, 0.717) is 0 Å². The van der Waals surface area contributed by atoms with E-state index < -0.39 is 11.9 Å². The highest BCUT2D eigenvalue weighted by Crippen LogP contribution is 2.13. The number of hydrogen-bond donors (Lipinski definition) is 0. The van der Waals surface area contributed by atoms with Gasteiger partial charge in [0.15, 0.2) is 0 Å².